The molecule has 1 aromatic heterocycles. The number of allylic oxidation sites excluding steroid dienone is 2. The number of ketones is 1. The van der Waals surface area contributed by atoms with Gasteiger partial charge in [0.25, 0.3) is 0 Å². The van der Waals surface area contributed by atoms with Gasteiger partial charge < -0.3 is 0 Å². The summed E-state index contributed by atoms with van der Waals surface area (Å²) < 4.78 is 1.98. The van der Waals surface area contributed by atoms with E-state index in [1.807, 2.05) is 61.1 Å². The molecule has 0 spiro atoms. The van der Waals surface area contributed by atoms with Crippen molar-refractivity contribution in [3.63, 3.8) is 0 Å². The zero-order chi connectivity index (χ0) is 20.9. The van der Waals surface area contributed by atoms with Crippen LogP contribution in [-0.2, 0) is 23.7 Å². The molecule has 0 amide bonds. The van der Waals surface area contributed by atoms with Crippen LogP contribution in [0.25, 0.3) is 11.3 Å². The fourth-order valence-electron chi connectivity index (χ4n) is 5.64. The summed E-state index contributed by atoms with van der Waals surface area (Å²) in [6, 6.07) is 22.7. The lowest BCUT2D eigenvalue weighted by molar-refractivity contribution is -0.121. The molecule has 2 unspecified atom stereocenters. The van der Waals surface area contributed by atoms with E-state index in [0.29, 0.717) is 0 Å². The maximum atomic E-state index is 12.9. The van der Waals surface area contributed by atoms with Crippen molar-refractivity contribution in [1.29, 1.82) is 5.26 Å². The number of aromatic nitrogens is 2. The number of fused-ring (bicyclic) bond motifs is 3. The van der Waals surface area contributed by atoms with Gasteiger partial charge in [-0.1, -0.05) is 67.6 Å². The van der Waals surface area contributed by atoms with E-state index in [1.165, 1.54) is 5.56 Å². The summed E-state index contributed by atoms with van der Waals surface area (Å²) in [5.74, 6) is -0.160. The summed E-state index contributed by atoms with van der Waals surface area (Å²) in [7, 11) is 1.99. The Balaban J connectivity index is 1.86. The fourth-order valence-corrected chi connectivity index (χ4v) is 5.64. The Morgan fingerprint density at radius 1 is 1.10 bits per heavy atom. The summed E-state index contributed by atoms with van der Waals surface area (Å²) in [5, 5.41) is 14.7. The fraction of sp³-hybridized carbons (Fsp3) is 0.269. The van der Waals surface area contributed by atoms with Crippen molar-refractivity contribution in [2.45, 2.75) is 25.2 Å². The minimum Gasteiger partial charge on any atom is -0.293 e. The molecule has 4 nitrogen and oxygen atoms in total. The van der Waals surface area contributed by atoms with E-state index in [0.717, 1.165) is 35.4 Å². The lowest BCUT2D eigenvalue weighted by atomic mass is 9.54. The van der Waals surface area contributed by atoms with E-state index in [1.54, 1.807) is 0 Å². The number of hydrogen-bond acceptors (Lipinski definition) is 3. The van der Waals surface area contributed by atoms with Crippen LogP contribution in [0, 0.1) is 23.2 Å². The molecule has 3 atom stereocenters. The molecule has 30 heavy (non-hydrogen) atoms. The highest BCUT2D eigenvalue weighted by Gasteiger charge is 2.54. The van der Waals surface area contributed by atoms with Crippen LogP contribution >= 0.6 is 0 Å². The molecule has 148 valence electrons. The number of rotatable bonds is 2. The highest BCUT2D eigenvalue weighted by molar-refractivity contribution is 6.02. The summed E-state index contributed by atoms with van der Waals surface area (Å²) >= 11 is 0. The molecule has 2 aliphatic carbocycles. The van der Waals surface area contributed by atoms with E-state index < -0.39 is 5.41 Å². The molecule has 2 aromatic carbocycles. The number of benzene rings is 2. The van der Waals surface area contributed by atoms with E-state index in [9.17, 15) is 10.1 Å². The highest BCUT2D eigenvalue weighted by atomic mass is 16.1. The Bertz CT molecular complexity index is 1200. The third-order valence-electron chi connectivity index (χ3n) is 6.90. The minimum absolute atomic E-state index is 0.0389. The first-order valence-corrected chi connectivity index (χ1v) is 10.4. The largest absolute Gasteiger partial charge is 0.293 e. The third-order valence-corrected chi connectivity index (χ3v) is 6.90. The van der Waals surface area contributed by atoms with Crippen molar-refractivity contribution in [2.75, 3.05) is 0 Å². The minimum atomic E-state index is -0.540. The smallest absolute Gasteiger partial charge is 0.176 e. The average molecular weight is 393 g/mol. The van der Waals surface area contributed by atoms with Gasteiger partial charge in [-0.05, 0) is 30.4 Å². The number of Topliss-reactive ketones (excluding diaryl/α,β-unsaturated/α-hetero) is 1. The second-order valence-electron chi connectivity index (χ2n) is 8.37. The first kappa shape index (κ1) is 18.6. The molecule has 0 aliphatic heterocycles. The molecule has 5 rings (SSSR count). The van der Waals surface area contributed by atoms with Gasteiger partial charge in [0.15, 0.2) is 5.78 Å². The molecule has 1 heterocycles. The monoisotopic (exact) mass is 393 g/mol. The van der Waals surface area contributed by atoms with E-state index in [2.05, 4.69) is 30.3 Å². The van der Waals surface area contributed by atoms with Gasteiger partial charge in [-0.15, -0.1) is 0 Å². The molecule has 0 fully saturated rings. The van der Waals surface area contributed by atoms with Crippen molar-refractivity contribution in [3.05, 3.63) is 89.1 Å². The second-order valence-corrected chi connectivity index (χ2v) is 8.37. The summed E-state index contributed by atoms with van der Waals surface area (Å²) in [4.78, 5) is 12.9. The third kappa shape index (κ3) is 2.45. The number of aryl methyl sites for hydroxylation is 1. The molecule has 0 saturated carbocycles. The topological polar surface area (TPSA) is 58.7 Å². The number of nitriles is 1. The molecule has 0 saturated heterocycles. The van der Waals surface area contributed by atoms with Gasteiger partial charge in [0, 0.05) is 24.1 Å². The molecule has 0 bridgehead atoms. The van der Waals surface area contributed by atoms with E-state index >= 15 is 0 Å². The predicted molar refractivity (Wildman–Crippen MR) is 116 cm³/mol. The van der Waals surface area contributed by atoms with Crippen LogP contribution in [0.1, 0.15) is 30.2 Å². The van der Waals surface area contributed by atoms with Crippen LogP contribution in [0.3, 0.4) is 0 Å². The van der Waals surface area contributed by atoms with Crippen molar-refractivity contribution < 1.29 is 4.79 Å². The molecule has 2 aliphatic rings. The molecule has 0 radical (unpaired) electrons. The first-order valence-electron chi connectivity index (χ1n) is 10.4. The average Bonchev–Trinajstić information content (AvgIpc) is 3.14. The Labute approximate surface area is 176 Å². The summed E-state index contributed by atoms with van der Waals surface area (Å²) in [6.45, 7) is 1.98. The number of carbonyl (C=O) groups excluding carboxylic acids is 1. The lowest BCUT2D eigenvalue weighted by Crippen LogP contribution is -2.48. The lowest BCUT2D eigenvalue weighted by Gasteiger charge is -2.48. The van der Waals surface area contributed by atoms with E-state index in [-0.39, 0.29) is 23.2 Å². The Morgan fingerprint density at radius 3 is 2.43 bits per heavy atom. The van der Waals surface area contributed by atoms with Crippen molar-refractivity contribution in [2.24, 2.45) is 18.9 Å². The quantitative estimate of drug-likeness (QED) is 0.639. The zero-order valence-electron chi connectivity index (χ0n) is 17.2. The molecule has 3 aromatic rings. The highest BCUT2D eigenvalue weighted by Crippen LogP contribution is 2.54. The Hall–Kier alpha value is -3.45. The SMILES string of the molecule is CC1C(=O)C(C#N)=CC2(c3ccccc3)c3c(c(-c4ccccc4)nn3C)CC[C@@H]12. The second kappa shape index (κ2) is 6.81. The zero-order valence-corrected chi connectivity index (χ0v) is 17.2. The van der Waals surface area contributed by atoms with E-state index in [4.69, 9.17) is 5.10 Å². The predicted octanol–water partition coefficient (Wildman–Crippen LogP) is 4.60. The number of hydrogen-bond donors (Lipinski definition) is 0. The molecular weight excluding hydrogens is 370 g/mol. The van der Waals surface area contributed by atoms with Gasteiger partial charge >= 0.3 is 0 Å². The number of carbonyl (C=O) groups is 1. The maximum Gasteiger partial charge on any atom is 0.176 e. The van der Waals surface area contributed by atoms with Crippen LogP contribution in [0.2, 0.25) is 0 Å². The van der Waals surface area contributed by atoms with Gasteiger partial charge in [-0.25, -0.2) is 0 Å². The summed E-state index contributed by atoms with van der Waals surface area (Å²) in [5.41, 5.74) is 5.26. The van der Waals surface area contributed by atoms with Gasteiger partial charge in [0.2, 0.25) is 0 Å². The normalized spacial score (nSPS) is 25.1. The van der Waals surface area contributed by atoms with Gasteiger partial charge in [0.05, 0.1) is 22.4 Å². The maximum absolute atomic E-state index is 12.9. The van der Waals surface area contributed by atoms with Gasteiger partial charge in [-0.3, -0.25) is 9.48 Å². The Morgan fingerprint density at radius 2 is 1.77 bits per heavy atom. The molecule has 4 heteroatoms. The van der Waals surface area contributed by atoms with Crippen LogP contribution in [0.5, 0.6) is 0 Å². The first-order chi connectivity index (χ1) is 14.6. The van der Waals surface area contributed by atoms with Gasteiger partial charge in [0.1, 0.15) is 6.07 Å². The summed E-state index contributed by atoms with van der Waals surface area (Å²) in [6.07, 6.45) is 3.69. The van der Waals surface area contributed by atoms with Crippen LogP contribution in [0.15, 0.2) is 72.3 Å². The van der Waals surface area contributed by atoms with Crippen molar-refractivity contribution >= 4 is 5.78 Å². The number of nitrogens with zero attached hydrogens (tertiary/aromatic N) is 3. The molecular formula is C26H23N3O. The van der Waals surface area contributed by atoms with Crippen LogP contribution in [-0.4, -0.2) is 15.6 Å². The van der Waals surface area contributed by atoms with Crippen molar-refractivity contribution in [3.8, 4) is 17.3 Å². The van der Waals surface area contributed by atoms with Gasteiger partial charge in [-0.2, -0.15) is 10.4 Å². The Kier molecular flexibility index (Phi) is 4.22. The van der Waals surface area contributed by atoms with Crippen LogP contribution in [0.4, 0.5) is 0 Å². The molecule has 0 N–H and O–H groups in total. The van der Waals surface area contributed by atoms with Crippen LogP contribution < -0.4 is 0 Å². The van der Waals surface area contributed by atoms with Crippen molar-refractivity contribution in [1.82, 2.24) is 9.78 Å². The standard InChI is InChI=1S/C26H23N3O/c1-17-22-14-13-21-23(18-9-5-3-6-10-18)28-29(2)25(21)26(22,15-19(16-27)24(17)30)20-11-7-4-8-12-20/h3-12,15,17,22H,13-14H2,1-2H3/t17?,22-,26?/m0/s1.